The highest BCUT2D eigenvalue weighted by Gasteiger charge is 2.33. The fourth-order valence-corrected chi connectivity index (χ4v) is 3.84. The van der Waals surface area contributed by atoms with Gasteiger partial charge >= 0.3 is 0 Å². The fraction of sp³-hybridized carbons (Fsp3) is 0.600. The minimum atomic E-state index is -3.42. The van der Waals surface area contributed by atoms with E-state index in [4.69, 9.17) is 4.74 Å². The van der Waals surface area contributed by atoms with Gasteiger partial charge in [-0.2, -0.15) is 4.31 Å². The number of nitrogens with zero attached hydrogens (tertiary/aromatic N) is 1. The molecule has 0 aliphatic carbocycles. The Morgan fingerprint density at radius 1 is 1.29 bits per heavy atom. The highest BCUT2D eigenvalue weighted by Crippen LogP contribution is 2.22. The van der Waals surface area contributed by atoms with E-state index in [1.165, 1.54) is 0 Å². The van der Waals surface area contributed by atoms with Crippen LogP contribution in [-0.4, -0.2) is 45.0 Å². The molecule has 5 nitrogen and oxygen atoms in total. The van der Waals surface area contributed by atoms with Gasteiger partial charge in [0, 0.05) is 25.7 Å². The molecule has 1 aliphatic heterocycles. The van der Waals surface area contributed by atoms with Gasteiger partial charge in [-0.3, -0.25) is 0 Å². The van der Waals surface area contributed by atoms with Crippen molar-refractivity contribution in [2.45, 2.75) is 31.7 Å². The van der Waals surface area contributed by atoms with Crippen LogP contribution in [0.5, 0.6) is 5.75 Å². The average Bonchev–Trinajstić information content (AvgIpc) is 2.40. The van der Waals surface area contributed by atoms with Crippen molar-refractivity contribution in [1.29, 1.82) is 0 Å². The van der Waals surface area contributed by atoms with Crippen LogP contribution in [0.3, 0.4) is 0 Å². The van der Waals surface area contributed by atoms with Crippen molar-refractivity contribution < 1.29 is 13.2 Å². The number of nitrogens with one attached hydrogen (secondary N) is 1. The summed E-state index contributed by atoms with van der Waals surface area (Å²) in [6.07, 6.45) is 0. The van der Waals surface area contributed by atoms with Crippen LogP contribution in [0.25, 0.3) is 0 Å². The molecular weight excluding hydrogens is 288 g/mol. The van der Waals surface area contributed by atoms with Crippen LogP contribution in [0.1, 0.15) is 20.8 Å². The largest absolute Gasteiger partial charge is 0.493 e. The molecule has 6 heteroatoms. The molecular formula is C15H24N2O3S. The number of hydrogen-bond acceptors (Lipinski definition) is 4. The van der Waals surface area contributed by atoms with Gasteiger partial charge in [-0.15, -0.1) is 0 Å². The van der Waals surface area contributed by atoms with Crippen molar-refractivity contribution in [3.05, 3.63) is 24.3 Å². The predicted molar refractivity (Wildman–Crippen MR) is 83.0 cm³/mol. The third-order valence-corrected chi connectivity index (χ3v) is 5.53. The second kappa shape index (κ2) is 6.77. The molecule has 0 spiro atoms. The van der Waals surface area contributed by atoms with Gasteiger partial charge in [0.15, 0.2) is 0 Å². The molecule has 1 heterocycles. The molecule has 1 aliphatic rings. The minimum absolute atomic E-state index is 0.0665. The normalized spacial score (nSPS) is 16.2. The average molecular weight is 312 g/mol. The maximum atomic E-state index is 12.6. The summed E-state index contributed by atoms with van der Waals surface area (Å²) >= 11 is 0. The van der Waals surface area contributed by atoms with Crippen molar-refractivity contribution in [2.24, 2.45) is 5.92 Å². The Morgan fingerprint density at radius 3 is 2.33 bits per heavy atom. The smallest absolute Gasteiger partial charge is 0.243 e. The zero-order valence-electron chi connectivity index (χ0n) is 12.9. The number of likely N-dealkylation sites (N-methyl/N-ethyl adjacent to an activating group) is 1. The molecule has 1 N–H and O–H groups in total. The molecule has 0 saturated carbocycles. The van der Waals surface area contributed by atoms with Gasteiger partial charge in [0.05, 0.1) is 11.5 Å². The van der Waals surface area contributed by atoms with E-state index < -0.39 is 10.0 Å². The predicted octanol–water partition coefficient (Wildman–Crippen LogP) is 1.70. The van der Waals surface area contributed by atoms with E-state index in [9.17, 15) is 8.42 Å². The van der Waals surface area contributed by atoms with Gasteiger partial charge in [0.25, 0.3) is 0 Å². The van der Waals surface area contributed by atoms with Crippen LogP contribution in [0.15, 0.2) is 29.2 Å². The molecule has 0 amide bonds. The molecule has 1 aromatic rings. The molecule has 0 bridgehead atoms. The number of rotatable bonds is 7. The first-order chi connectivity index (χ1) is 9.95. The summed E-state index contributed by atoms with van der Waals surface area (Å²) in [5.74, 6) is 1.14. The van der Waals surface area contributed by atoms with Crippen LogP contribution < -0.4 is 10.1 Å². The number of benzene rings is 1. The third-order valence-electron chi connectivity index (χ3n) is 3.49. The summed E-state index contributed by atoms with van der Waals surface area (Å²) in [6, 6.07) is 6.76. The van der Waals surface area contributed by atoms with Crippen molar-refractivity contribution in [2.75, 3.05) is 26.2 Å². The second-order valence-corrected chi connectivity index (χ2v) is 7.59. The Balaban J connectivity index is 2.12. The van der Waals surface area contributed by atoms with Crippen LogP contribution >= 0.6 is 0 Å². The zero-order chi connectivity index (χ0) is 15.5. The Bertz CT molecular complexity index is 551. The number of sulfonamides is 1. The maximum absolute atomic E-state index is 12.6. The molecule has 0 aromatic heterocycles. The standard InChI is InChI=1S/C15H24N2O3S/c1-4-17(13-9-16-10-13)21(18,19)15-7-5-14(6-8-15)20-11-12(2)3/h5-8,12-13,16H,4,9-11H2,1-3H3. The van der Waals surface area contributed by atoms with E-state index in [-0.39, 0.29) is 6.04 Å². The Morgan fingerprint density at radius 2 is 1.90 bits per heavy atom. The SMILES string of the molecule is CCN(C1CNC1)S(=O)(=O)c1ccc(OCC(C)C)cc1. The second-order valence-electron chi connectivity index (χ2n) is 5.70. The first-order valence-corrected chi connectivity index (χ1v) is 8.84. The molecule has 2 rings (SSSR count). The topological polar surface area (TPSA) is 58.6 Å². The Labute approximate surface area is 127 Å². The zero-order valence-corrected chi connectivity index (χ0v) is 13.7. The summed E-state index contributed by atoms with van der Waals surface area (Å²) in [4.78, 5) is 0.327. The lowest BCUT2D eigenvalue weighted by Crippen LogP contribution is -2.58. The number of hydrogen-bond donors (Lipinski definition) is 1. The molecule has 1 saturated heterocycles. The third kappa shape index (κ3) is 3.75. The lowest BCUT2D eigenvalue weighted by molar-refractivity contribution is 0.249. The van der Waals surface area contributed by atoms with E-state index in [0.29, 0.717) is 29.7 Å². The van der Waals surface area contributed by atoms with E-state index in [0.717, 1.165) is 13.1 Å². The van der Waals surface area contributed by atoms with Gasteiger partial charge in [-0.1, -0.05) is 20.8 Å². The van der Waals surface area contributed by atoms with E-state index in [2.05, 4.69) is 19.2 Å². The van der Waals surface area contributed by atoms with Crippen LogP contribution in [-0.2, 0) is 10.0 Å². The van der Waals surface area contributed by atoms with Crippen LogP contribution in [0.4, 0.5) is 0 Å². The number of ether oxygens (including phenoxy) is 1. The lowest BCUT2D eigenvalue weighted by Gasteiger charge is -2.36. The van der Waals surface area contributed by atoms with E-state index in [1.807, 2.05) is 6.92 Å². The minimum Gasteiger partial charge on any atom is -0.493 e. The molecule has 0 radical (unpaired) electrons. The first kappa shape index (κ1) is 16.3. The highest BCUT2D eigenvalue weighted by molar-refractivity contribution is 7.89. The van der Waals surface area contributed by atoms with Crippen molar-refractivity contribution in [3.63, 3.8) is 0 Å². The quantitative estimate of drug-likeness (QED) is 0.832. The van der Waals surface area contributed by atoms with Gasteiger partial charge in [-0.25, -0.2) is 8.42 Å². The molecule has 0 atom stereocenters. The summed E-state index contributed by atoms with van der Waals surface area (Å²) in [6.45, 7) is 8.58. The van der Waals surface area contributed by atoms with E-state index >= 15 is 0 Å². The van der Waals surface area contributed by atoms with Crippen molar-refractivity contribution in [3.8, 4) is 5.75 Å². The summed E-state index contributed by atoms with van der Waals surface area (Å²) < 4.78 is 32.4. The van der Waals surface area contributed by atoms with Gasteiger partial charge in [-0.05, 0) is 30.2 Å². The van der Waals surface area contributed by atoms with Crippen LogP contribution in [0.2, 0.25) is 0 Å². The van der Waals surface area contributed by atoms with Gasteiger partial charge in [0.1, 0.15) is 5.75 Å². The Hall–Kier alpha value is -1.11. The highest BCUT2D eigenvalue weighted by atomic mass is 32.2. The van der Waals surface area contributed by atoms with Crippen molar-refractivity contribution >= 4 is 10.0 Å². The maximum Gasteiger partial charge on any atom is 0.243 e. The fourth-order valence-electron chi connectivity index (χ4n) is 2.21. The molecule has 1 aromatic carbocycles. The van der Waals surface area contributed by atoms with Crippen molar-refractivity contribution in [1.82, 2.24) is 9.62 Å². The summed E-state index contributed by atoms with van der Waals surface area (Å²) in [5, 5.41) is 3.11. The Kier molecular flexibility index (Phi) is 5.24. The summed E-state index contributed by atoms with van der Waals surface area (Å²) in [5.41, 5.74) is 0. The van der Waals surface area contributed by atoms with Crippen LogP contribution in [0, 0.1) is 5.92 Å². The molecule has 118 valence electrons. The van der Waals surface area contributed by atoms with Gasteiger partial charge < -0.3 is 10.1 Å². The molecule has 0 unspecified atom stereocenters. The van der Waals surface area contributed by atoms with E-state index in [1.54, 1.807) is 28.6 Å². The lowest BCUT2D eigenvalue weighted by atomic mass is 10.2. The molecule has 1 fully saturated rings. The first-order valence-electron chi connectivity index (χ1n) is 7.40. The monoisotopic (exact) mass is 312 g/mol. The van der Waals surface area contributed by atoms with Gasteiger partial charge in [0.2, 0.25) is 10.0 Å². The summed E-state index contributed by atoms with van der Waals surface area (Å²) in [7, 11) is -3.42. The molecule has 21 heavy (non-hydrogen) atoms.